The topological polar surface area (TPSA) is 57.9 Å². The summed E-state index contributed by atoms with van der Waals surface area (Å²) in [5.74, 6) is 7.47. The van der Waals surface area contributed by atoms with Crippen LogP contribution in [0, 0.1) is 36.5 Å². The molecule has 4 heteroatoms. The van der Waals surface area contributed by atoms with Crippen LogP contribution in [0.2, 0.25) is 0 Å². The highest BCUT2D eigenvalue weighted by Gasteiger charge is 2.48. The van der Waals surface area contributed by atoms with E-state index in [1.807, 2.05) is 6.92 Å². The number of aromatic nitrogens is 2. The van der Waals surface area contributed by atoms with Crippen LogP contribution in [0.1, 0.15) is 37.9 Å². The summed E-state index contributed by atoms with van der Waals surface area (Å²) >= 11 is 0. The summed E-state index contributed by atoms with van der Waals surface area (Å²) in [5.41, 5.74) is 6.03. The van der Waals surface area contributed by atoms with Gasteiger partial charge in [-0.05, 0) is 68.6 Å². The third-order valence-electron chi connectivity index (χ3n) is 6.10. The van der Waals surface area contributed by atoms with E-state index in [1.165, 1.54) is 32.1 Å². The summed E-state index contributed by atoms with van der Waals surface area (Å²) in [7, 11) is 2.15. The van der Waals surface area contributed by atoms with Gasteiger partial charge >= 0.3 is 0 Å². The highest BCUT2D eigenvalue weighted by atomic mass is 15.2. The third kappa shape index (κ3) is 1.92. The number of imidazole rings is 1. The molecule has 4 bridgehead atoms. The van der Waals surface area contributed by atoms with Crippen LogP contribution < -0.4 is 10.6 Å². The van der Waals surface area contributed by atoms with Crippen LogP contribution in [-0.4, -0.2) is 23.6 Å². The lowest BCUT2D eigenvalue weighted by Crippen LogP contribution is -2.48. The normalized spacial score (nSPS) is 38.4. The van der Waals surface area contributed by atoms with E-state index < -0.39 is 0 Å². The lowest BCUT2D eigenvalue weighted by Gasteiger charge is -2.55. The third-order valence-corrected chi connectivity index (χ3v) is 6.10. The number of aryl methyl sites for hydroxylation is 1. The second-order valence-electron chi connectivity index (χ2n) is 7.53. The van der Waals surface area contributed by atoms with Crippen LogP contribution in [0.25, 0.3) is 0 Å². The van der Waals surface area contributed by atoms with Crippen LogP contribution in [-0.2, 0) is 0 Å². The Hall–Kier alpha value is -1.19. The number of rotatable bonds is 3. The van der Waals surface area contributed by atoms with Gasteiger partial charge in [0, 0.05) is 13.6 Å². The summed E-state index contributed by atoms with van der Waals surface area (Å²) < 4.78 is 0. The molecule has 0 aromatic carbocycles. The van der Waals surface area contributed by atoms with Gasteiger partial charge in [0.2, 0.25) is 0 Å². The summed E-state index contributed by atoms with van der Waals surface area (Å²) in [6.07, 6.45) is 7.48. The van der Waals surface area contributed by atoms with Crippen molar-refractivity contribution in [2.24, 2.45) is 29.6 Å². The van der Waals surface area contributed by atoms with Crippen LogP contribution >= 0.6 is 0 Å². The molecule has 4 nitrogen and oxygen atoms in total. The molecule has 0 amide bonds. The van der Waals surface area contributed by atoms with Crippen molar-refractivity contribution in [3.05, 3.63) is 5.82 Å². The number of hydrogen-bond donors (Lipinski definition) is 2. The Labute approximate surface area is 121 Å². The van der Waals surface area contributed by atoms with E-state index in [1.54, 1.807) is 0 Å². The van der Waals surface area contributed by atoms with Crippen LogP contribution in [0.3, 0.4) is 0 Å². The van der Waals surface area contributed by atoms with Gasteiger partial charge in [-0.25, -0.2) is 4.98 Å². The van der Waals surface area contributed by atoms with Gasteiger partial charge in [-0.2, -0.15) is 0 Å². The molecule has 1 heterocycles. The van der Waals surface area contributed by atoms with E-state index in [2.05, 4.69) is 21.9 Å². The summed E-state index contributed by atoms with van der Waals surface area (Å²) in [5, 5.41) is 0. The molecule has 0 aliphatic heterocycles. The van der Waals surface area contributed by atoms with Gasteiger partial charge in [0.1, 0.15) is 11.6 Å². The Kier molecular flexibility index (Phi) is 2.76. The Balaban J connectivity index is 1.50. The minimum absolute atomic E-state index is 0.716. The first-order chi connectivity index (χ1) is 9.60. The minimum atomic E-state index is 0.716. The molecular formula is C16H26N4. The zero-order valence-electron chi connectivity index (χ0n) is 12.6. The Morgan fingerprint density at radius 1 is 1.15 bits per heavy atom. The lowest BCUT2D eigenvalue weighted by molar-refractivity contribution is -0.0325. The lowest BCUT2D eigenvalue weighted by atomic mass is 9.52. The Morgan fingerprint density at radius 3 is 2.25 bits per heavy atom. The molecule has 0 atom stereocenters. The predicted molar refractivity (Wildman–Crippen MR) is 81.5 cm³/mol. The van der Waals surface area contributed by atoms with Gasteiger partial charge in [0.05, 0.1) is 0 Å². The average molecular weight is 274 g/mol. The van der Waals surface area contributed by atoms with Crippen molar-refractivity contribution >= 4 is 11.6 Å². The Morgan fingerprint density at radius 2 is 1.75 bits per heavy atom. The summed E-state index contributed by atoms with van der Waals surface area (Å²) in [4.78, 5) is 9.94. The summed E-state index contributed by atoms with van der Waals surface area (Å²) in [6.45, 7) is 3.10. The first kappa shape index (κ1) is 12.5. The van der Waals surface area contributed by atoms with E-state index >= 15 is 0 Å². The number of aromatic amines is 1. The van der Waals surface area contributed by atoms with Gasteiger partial charge in [-0.15, -0.1) is 0 Å². The number of H-pyrrole nitrogens is 1. The molecule has 3 N–H and O–H groups in total. The summed E-state index contributed by atoms with van der Waals surface area (Å²) in [6, 6.07) is 0. The molecule has 0 unspecified atom stereocenters. The number of anilines is 2. The van der Waals surface area contributed by atoms with E-state index in [0.29, 0.717) is 5.82 Å². The van der Waals surface area contributed by atoms with Crippen molar-refractivity contribution in [1.82, 2.24) is 9.97 Å². The van der Waals surface area contributed by atoms with Gasteiger partial charge in [0.15, 0.2) is 5.82 Å². The van der Waals surface area contributed by atoms with Crippen molar-refractivity contribution in [3.63, 3.8) is 0 Å². The fourth-order valence-corrected chi connectivity index (χ4v) is 5.53. The molecule has 4 fully saturated rings. The highest BCUT2D eigenvalue weighted by molar-refractivity contribution is 5.58. The molecular weight excluding hydrogens is 248 g/mol. The van der Waals surface area contributed by atoms with Gasteiger partial charge in [0.25, 0.3) is 0 Å². The SMILES string of the molecule is Cc1nc(N(C)CC2C3CC4CC(C3)CC2C4)c(N)[nH]1. The van der Waals surface area contributed by atoms with Crippen molar-refractivity contribution in [3.8, 4) is 0 Å². The van der Waals surface area contributed by atoms with Crippen molar-refractivity contribution in [2.45, 2.75) is 39.0 Å². The van der Waals surface area contributed by atoms with Gasteiger partial charge in [-0.1, -0.05) is 0 Å². The van der Waals surface area contributed by atoms with Crippen LogP contribution in [0.4, 0.5) is 11.6 Å². The molecule has 5 rings (SSSR count). The fourth-order valence-electron chi connectivity index (χ4n) is 5.53. The molecule has 4 aliphatic rings. The van der Waals surface area contributed by atoms with E-state index in [0.717, 1.165) is 47.8 Å². The van der Waals surface area contributed by atoms with Crippen molar-refractivity contribution < 1.29 is 0 Å². The van der Waals surface area contributed by atoms with E-state index in [-0.39, 0.29) is 0 Å². The number of nitrogens with one attached hydrogen (secondary N) is 1. The second kappa shape index (κ2) is 4.40. The Bertz CT molecular complexity index is 479. The van der Waals surface area contributed by atoms with Gasteiger partial charge < -0.3 is 15.6 Å². The molecule has 0 saturated heterocycles. The first-order valence-electron chi connectivity index (χ1n) is 8.13. The largest absolute Gasteiger partial charge is 0.382 e. The zero-order valence-corrected chi connectivity index (χ0v) is 12.6. The van der Waals surface area contributed by atoms with Crippen molar-refractivity contribution in [2.75, 3.05) is 24.2 Å². The molecule has 20 heavy (non-hydrogen) atoms. The standard InChI is InChI=1S/C16H26N4/c1-9-18-15(17)16(19-9)20(2)8-14-12-4-10-3-11(6-12)7-13(14)5-10/h10-14H,3-8,17H2,1-2H3,(H,18,19). The maximum absolute atomic E-state index is 6.03. The minimum Gasteiger partial charge on any atom is -0.382 e. The molecule has 1 aromatic rings. The molecule has 0 radical (unpaired) electrons. The number of nitrogen functional groups attached to an aromatic ring is 1. The van der Waals surface area contributed by atoms with E-state index in [4.69, 9.17) is 5.73 Å². The molecule has 0 spiro atoms. The zero-order chi connectivity index (χ0) is 13.9. The smallest absolute Gasteiger partial charge is 0.171 e. The van der Waals surface area contributed by atoms with Gasteiger partial charge in [-0.3, -0.25) is 0 Å². The highest BCUT2D eigenvalue weighted by Crippen LogP contribution is 2.56. The molecule has 4 saturated carbocycles. The fraction of sp³-hybridized carbons (Fsp3) is 0.812. The number of hydrogen-bond acceptors (Lipinski definition) is 3. The number of nitrogens with two attached hydrogens (primary N) is 1. The first-order valence-corrected chi connectivity index (χ1v) is 8.13. The quantitative estimate of drug-likeness (QED) is 0.891. The van der Waals surface area contributed by atoms with Crippen LogP contribution in [0.15, 0.2) is 0 Å². The molecule has 110 valence electrons. The second-order valence-corrected chi connectivity index (χ2v) is 7.53. The monoisotopic (exact) mass is 274 g/mol. The van der Waals surface area contributed by atoms with Crippen LogP contribution in [0.5, 0.6) is 0 Å². The number of nitrogens with zero attached hydrogens (tertiary/aromatic N) is 2. The molecule has 4 aliphatic carbocycles. The molecule has 1 aromatic heterocycles. The van der Waals surface area contributed by atoms with Crippen molar-refractivity contribution in [1.29, 1.82) is 0 Å². The maximum Gasteiger partial charge on any atom is 0.171 e. The average Bonchev–Trinajstić information content (AvgIpc) is 2.72. The predicted octanol–water partition coefficient (Wildman–Crippen LogP) is 2.81. The van der Waals surface area contributed by atoms with E-state index in [9.17, 15) is 0 Å². The maximum atomic E-state index is 6.03.